The van der Waals surface area contributed by atoms with Crippen LogP contribution in [0.25, 0.3) is 32.2 Å². The zero-order valence-electron chi connectivity index (χ0n) is 11.1. The first kappa shape index (κ1) is 14.4. The van der Waals surface area contributed by atoms with E-state index < -0.39 is 0 Å². The maximum Gasteiger partial charge on any atom is 0.0492 e. The summed E-state index contributed by atoms with van der Waals surface area (Å²) in [4.78, 5) is 2.81. The van der Waals surface area contributed by atoms with Crippen LogP contribution in [0.4, 0.5) is 0 Å². The summed E-state index contributed by atoms with van der Waals surface area (Å²) in [6.45, 7) is 1.35. The Balaban J connectivity index is 2.17. The molecule has 4 nitrogen and oxygen atoms in total. The second kappa shape index (κ2) is 6.10. The summed E-state index contributed by atoms with van der Waals surface area (Å²) in [6.07, 6.45) is 0.828. The average molecular weight is 408 g/mol. The van der Waals surface area contributed by atoms with Gasteiger partial charge in [0.05, 0.1) is 0 Å². The van der Waals surface area contributed by atoms with Crippen molar-refractivity contribution < 1.29 is 0 Å². The van der Waals surface area contributed by atoms with Crippen molar-refractivity contribution in [2.75, 3.05) is 6.54 Å². The fraction of sp³-hybridized carbons (Fsp3) is 0.200. The van der Waals surface area contributed by atoms with E-state index in [2.05, 4.69) is 82.9 Å². The lowest BCUT2D eigenvalue weighted by Gasteiger charge is -2.06. The molecular formula is C15H12Br2N4. The molecular weight excluding hydrogens is 396 g/mol. The number of halogens is 2. The Kier molecular flexibility index (Phi) is 4.19. The zero-order chi connectivity index (χ0) is 14.8. The zero-order valence-corrected chi connectivity index (χ0v) is 14.3. The summed E-state index contributed by atoms with van der Waals surface area (Å²) in [5.74, 6) is 0. The number of aryl methyl sites for hydroxylation is 1. The van der Waals surface area contributed by atoms with Crippen molar-refractivity contribution in [3.8, 4) is 0 Å². The normalized spacial score (nSPS) is 11.0. The number of fused-ring (bicyclic) bond motifs is 3. The van der Waals surface area contributed by atoms with Gasteiger partial charge in [-0.1, -0.05) is 37.0 Å². The topological polar surface area (TPSA) is 53.7 Å². The molecule has 106 valence electrons. The van der Waals surface area contributed by atoms with Gasteiger partial charge < -0.3 is 4.57 Å². The van der Waals surface area contributed by atoms with Crippen molar-refractivity contribution in [3.63, 3.8) is 0 Å². The number of nitrogens with zero attached hydrogens (tertiary/aromatic N) is 4. The number of hydrogen-bond donors (Lipinski definition) is 0. The molecule has 0 aliphatic rings. The van der Waals surface area contributed by atoms with Gasteiger partial charge in [0.15, 0.2) is 0 Å². The van der Waals surface area contributed by atoms with Crippen LogP contribution in [0, 0.1) is 0 Å². The van der Waals surface area contributed by atoms with Gasteiger partial charge in [0, 0.05) is 48.8 Å². The SMILES string of the molecule is [N-]=[N+]=NCCCn1c2ccc(Br)cc2c2cc(Br)ccc21. The quantitative estimate of drug-likeness (QED) is 0.220. The van der Waals surface area contributed by atoms with E-state index in [1.165, 1.54) is 21.8 Å². The third kappa shape index (κ3) is 2.79. The monoisotopic (exact) mass is 406 g/mol. The van der Waals surface area contributed by atoms with Crippen molar-refractivity contribution in [1.29, 1.82) is 0 Å². The molecule has 0 saturated carbocycles. The number of aromatic nitrogens is 1. The van der Waals surface area contributed by atoms with Crippen molar-refractivity contribution in [2.24, 2.45) is 5.11 Å². The Morgan fingerprint density at radius 3 is 2.10 bits per heavy atom. The molecule has 0 spiro atoms. The Bertz CT molecular complexity index is 804. The molecule has 0 fully saturated rings. The lowest BCUT2D eigenvalue weighted by atomic mass is 10.2. The first-order valence-corrected chi connectivity index (χ1v) is 8.17. The van der Waals surface area contributed by atoms with Crippen LogP contribution < -0.4 is 0 Å². The molecule has 0 aliphatic carbocycles. The van der Waals surface area contributed by atoms with Crippen LogP contribution in [-0.4, -0.2) is 11.1 Å². The van der Waals surface area contributed by atoms with Gasteiger partial charge in [0.25, 0.3) is 0 Å². The van der Waals surface area contributed by atoms with Gasteiger partial charge in [-0.15, -0.1) is 0 Å². The van der Waals surface area contributed by atoms with E-state index in [0.29, 0.717) is 6.54 Å². The van der Waals surface area contributed by atoms with Crippen LogP contribution in [0.5, 0.6) is 0 Å². The first-order chi connectivity index (χ1) is 10.2. The molecule has 0 aliphatic heterocycles. The summed E-state index contributed by atoms with van der Waals surface area (Å²) in [5.41, 5.74) is 10.8. The number of benzene rings is 2. The number of hydrogen-bond acceptors (Lipinski definition) is 1. The lowest BCUT2D eigenvalue weighted by molar-refractivity contribution is 0.685. The first-order valence-electron chi connectivity index (χ1n) is 6.58. The van der Waals surface area contributed by atoms with E-state index >= 15 is 0 Å². The molecule has 0 unspecified atom stereocenters. The highest BCUT2D eigenvalue weighted by Gasteiger charge is 2.10. The molecule has 0 bridgehead atoms. The Morgan fingerprint density at radius 2 is 1.57 bits per heavy atom. The van der Waals surface area contributed by atoms with Crippen LogP contribution >= 0.6 is 31.9 Å². The van der Waals surface area contributed by atoms with Gasteiger partial charge in [0.1, 0.15) is 0 Å². The minimum Gasteiger partial charge on any atom is -0.340 e. The third-order valence-electron chi connectivity index (χ3n) is 3.49. The maximum atomic E-state index is 8.37. The van der Waals surface area contributed by atoms with Crippen LogP contribution in [0.3, 0.4) is 0 Å². The third-order valence-corrected chi connectivity index (χ3v) is 4.48. The highest BCUT2D eigenvalue weighted by atomic mass is 79.9. The molecule has 21 heavy (non-hydrogen) atoms. The van der Waals surface area contributed by atoms with Gasteiger partial charge in [-0.05, 0) is 48.4 Å². The summed E-state index contributed by atoms with van der Waals surface area (Å²) in [6, 6.07) is 12.7. The molecule has 0 radical (unpaired) electrons. The standard InChI is InChI=1S/C15H12Br2N4/c16-10-2-4-14-12(8-10)13-9-11(17)3-5-15(13)21(14)7-1-6-19-20-18/h2-5,8-9H,1,6-7H2. The van der Waals surface area contributed by atoms with Gasteiger partial charge in [-0.25, -0.2) is 0 Å². The fourth-order valence-electron chi connectivity index (χ4n) is 2.63. The molecule has 6 heteroatoms. The maximum absolute atomic E-state index is 8.37. The summed E-state index contributed by atoms with van der Waals surface area (Å²) in [5, 5.41) is 6.06. The van der Waals surface area contributed by atoms with E-state index in [9.17, 15) is 0 Å². The van der Waals surface area contributed by atoms with E-state index in [0.717, 1.165) is 21.9 Å². The van der Waals surface area contributed by atoms with Crippen molar-refractivity contribution in [3.05, 3.63) is 55.8 Å². The van der Waals surface area contributed by atoms with E-state index in [4.69, 9.17) is 5.53 Å². The highest BCUT2D eigenvalue weighted by molar-refractivity contribution is 9.10. The summed E-state index contributed by atoms with van der Waals surface area (Å²) < 4.78 is 4.43. The minimum atomic E-state index is 0.519. The van der Waals surface area contributed by atoms with Crippen LogP contribution in [0.1, 0.15) is 6.42 Å². The molecule has 1 heterocycles. The molecule has 0 saturated heterocycles. The molecule has 0 amide bonds. The largest absolute Gasteiger partial charge is 0.340 e. The van der Waals surface area contributed by atoms with E-state index in [1.54, 1.807) is 0 Å². The predicted octanol–water partition coefficient (Wildman–Crippen LogP) is 6.02. The average Bonchev–Trinajstić information content (AvgIpc) is 2.77. The Labute approximate surface area is 138 Å². The molecule has 0 N–H and O–H groups in total. The predicted molar refractivity (Wildman–Crippen MR) is 93.5 cm³/mol. The molecule has 0 atom stereocenters. The number of rotatable bonds is 4. The van der Waals surface area contributed by atoms with Crippen molar-refractivity contribution >= 4 is 53.7 Å². The Hall–Kier alpha value is -1.49. The molecule has 2 aromatic carbocycles. The van der Waals surface area contributed by atoms with Crippen LogP contribution in [0.2, 0.25) is 0 Å². The van der Waals surface area contributed by atoms with E-state index in [1.807, 2.05) is 0 Å². The lowest BCUT2D eigenvalue weighted by Crippen LogP contribution is -1.98. The Morgan fingerprint density at radius 1 is 1.00 bits per heavy atom. The molecule has 3 rings (SSSR count). The fourth-order valence-corrected chi connectivity index (χ4v) is 3.36. The second-order valence-electron chi connectivity index (χ2n) is 4.78. The summed E-state index contributed by atoms with van der Waals surface area (Å²) in [7, 11) is 0. The van der Waals surface area contributed by atoms with Crippen molar-refractivity contribution in [2.45, 2.75) is 13.0 Å². The molecule has 1 aromatic heterocycles. The smallest absolute Gasteiger partial charge is 0.0492 e. The van der Waals surface area contributed by atoms with E-state index in [-0.39, 0.29) is 0 Å². The second-order valence-corrected chi connectivity index (χ2v) is 6.61. The van der Waals surface area contributed by atoms with Gasteiger partial charge in [-0.2, -0.15) is 0 Å². The minimum absolute atomic E-state index is 0.519. The molecule has 3 aromatic rings. The van der Waals surface area contributed by atoms with Gasteiger partial charge in [0.2, 0.25) is 0 Å². The number of azide groups is 1. The van der Waals surface area contributed by atoms with Crippen LogP contribution in [-0.2, 0) is 6.54 Å². The van der Waals surface area contributed by atoms with Crippen molar-refractivity contribution in [1.82, 2.24) is 4.57 Å². The van der Waals surface area contributed by atoms with Gasteiger partial charge >= 0.3 is 0 Å². The van der Waals surface area contributed by atoms with Gasteiger partial charge in [-0.3, -0.25) is 0 Å². The summed E-state index contributed by atoms with van der Waals surface area (Å²) >= 11 is 7.09. The highest BCUT2D eigenvalue weighted by Crippen LogP contribution is 2.33. The van der Waals surface area contributed by atoms with Crippen LogP contribution in [0.15, 0.2) is 50.5 Å².